The molecule has 0 spiro atoms. The van der Waals surface area contributed by atoms with Crippen LogP contribution in [0.4, 0.5) is 5.69 Å². The molecule has 1 aromatic rings. The third-order valence-electron chi connectivity index (χ3n) is 1.77. The molecule has 1 rings (SSSR count). The Hall–Kier alpha value is -1.18. The molecule has 0 aliphatic carbocycles. The van der Waals surface area contributed by atoms with Crippen molar-refractivity contribution < 1.29 is 14.8 Å². The van der Waals surface area contributed by atoms with E-state index in [1.54, 1.807) is 6.92 Å². The van der Waals surface area contributed by atoms with E-state index in [1.165, 1.54) is 6.07 Å². The number of aromatic carboxylic acids is 1. The van der Waals surface area contributed by atoms with Gasteiger partial charge in [-0.1, -0.05) is 0 Å². The van der Waals surface area contributed by atoms with Gasteiger partial charge in [0, 0.05) is 15.7 Å². The Morgan fingerprint density at radius 1 is 1.57 bits per heavy atom. The fourth-order valence-corrected chi connectivity index (χ4v) is 1.60. The predicted octanol–water partition coefficient (Wildman–Crippen LogP) is 2.21. The second kappa shape index (κ2) is 3.91. The van der Waals surface area contributed by atoms with E-state index in [-0.39, 0.29) is 11.3 Å². The Labute approximate surface area is 93.0 Å². The molecule has 0 aromatic heterocycles. The third-order valence-corrected chi connectivity index (χ3v) is 2.89. The van der Waals surface area contributed by atoms with Crippen molar-refractivity contribution in [1.82, 2.24) is 0 Å². The summed E-state index contributed by atoms with van der Waals surface area (Å²) in [5.74, 6) is -1.15. The first kappa shape index (κ1) is 10.9. The van der Waals surface area contributed by atoms with Gasteiger partial charge < -0.3 is 5.11 Å². The normalized spacial score (nSPS) is 9.86. The lowest BCUT2D eigenvalue weighted by atomic mass is 10.1. The molecule has 5 nitrogen and oxygen atoms in total. The minimum absolute atomic E-state index is 0.0244. The first-order valence-corrected chi connectivity index (χ1v) is 4.69. The van der Waals surface area contributed by atoms with E-state index < -0.39 is 10.9 Å². The maximum atomic E-state index is 10.7. The largest absolute Gasteiger partial charge is 0.478 e. The molecule has 0 aliphatic rings. The van der Waals surface area contributed by atoms with E-state index in [0.717, 1.165) is 6.07 Å². The molecule has 6 heteroatoms. The molecule has 0 unspecified atom stereocenters. The summed E-state index contributed by atoms with van der Waals surface area (Å²) in [5, 5.41) is 19.2. The van der Waals surface area contributed by atoms with Crippen molar-refractivity contribution in [2.45, 2.75) is 6.92 Å². The number of nitrogens with zero attached hydrogens (tertiary/aromatic N) is 1. The van der Waals surface area contributed by atoms with Gasteiger partial charge in [0.2, 0.25) is 0 Å². The van der Waals surface area contributed by atoms with E-state index in [9.17, 15) is 14.9 Å². The molecule has 0 aliphatic heterocycles. The zero-order valence-electron chi connectivity index (χ0n) is 7.15. The van der Waals surface area contributed by atoms with Gasteiger partial charge in [-0.25, -0.2) is 4.79 Å². The molecule has 0 saturated heterocycles. The summed E-state index contributed by atoms with van der Waals surface area (Å²) < 4.78 is 0.578. The van der Waals surface area contributed by atoms with Crippen molar-refractivity contribution in [3.8, 4) is 0 Å². The Kier molecular flexibility index (Phi) is 3.04. The molecule has 74 valence electrons. The molecule has 1 aromatic carbocycles. The number of carbonyl (C=O) groups is 1. The van der Waals surface area contributed by atoms with Gasteiger partial charge in [0.15, 0.2) is 0 Å². The number of nitro benzene ring substituents is 1. The smallest absolute Gasteiger partial charge is 0.336 e. The van der Waals surface area contributed by atoms with Crippen molar-refractivity contribution in [1.29, 1.82) is 0 Å². The summed E-state index contributed by atoms with van der Waals surface area (Å²) in [5.41, 5.74) is 0.324. The van der Waals surface area contributed by atoms with Crippen LogP contribution in [-0.2, 0) is 0 Å². The topological polar surface area (TPSA) is 80.4 Å². The van der Waals surface area contributed by atoms with Gasteiger partial charge >= 0.3 is 5.97 Å². The number of benzene rings is 1. The highest BCUT2D eigenvalue weighted by atomic mass is 127. The molecule has 0 heterocycles. The average Bonchev–Trinajstić information content (AvgIpc) is 2.08. The zero-order valence-corrected chi connectivity index (χ0v) is 9.31. The van der Waals surface area contributed by atoms with Crippen molar-refractivity contribution in [3.63, 3.8) is 0 Å². The lowest BCUT2D eigenvalue weighted by Crippen LogP contribution is -2.03. The minimum atomic E-state index is -1.15. The predicted molar refractivity (Wildman–Crippen MR) is 57.5 cm³/mol. The lowest BCUT2D eigenvalue weighted by molar-refractivity contribution is -0.385. The van der Waals surface area contributed by atoms with Crippen LogP contribution in [0, 0.1) is 20.6 Å². The van der Waals surface area contributed by atoms with Crippen LogP contribution in [0.15, 0.2) is 12.1 Å². The molecular formula is C8H6INO4. The molecule has 14 heavy (non-hydrogen) atoms. The Morgan fingerprint density at radius 3 is 2.57 bits per heavy atom. The van der Waals surface area contributed by atoms with E-state index in [1.807, 2.05) is 22.6 Å². The average molecular weight is 307 g/mol. The number of hydrogen-bond acceptors (Lipinski definition) is 3. The quantitative estimate of drug-likeness (QED) is 0.516. The highest BCUT2D eigenvalue weighted by molar-refractivity contribution is 14.1. The van der Waals surface area contributed by atoms with Gasteiger partial charge in [-0.15, -0.1) is 0 Å². The lowest BCUT2D eigenvalue weighted by Gasteiger charge is -2.02. The molecule has 0 amide bonds. The molecule has 0 saturated carbocycles. The summed E-state index contributed by atoms with van der Waals surface area (Å²) in [6.45, 7) is 1.62. The zero-order chi connectivity index (χ0) is 10.9. The fraction of sp³-hybridized carbons (Fsp3) is 0.125. The number of rotatable bonds is 2. The summed E-state index contributed by atoms with van der Waals surface area (Å²) in [4.78, 5) is 20.6. The standard InChI is InChI=1S/C8H6INO4/c1-4-6(8(11)12)2-5(10(13)14)3-7(4)9/h2-3H,1H3,(H,11,12). The van der Waals surface area contributed by atoms with Crippen molar-refractivity contribution in [2.75, 3.05) is 0 Å². The van der Waals surface area contributed by atoms with Crippen LogP contribution in [-0.4, -0.2) is 16.0 Å². The second-order valence-electron chi connectivity index (χ2n) is 2.66. The number of halogens is 1. The van der Waals surface area contributed by atoms with Crippen LogP contribution in [0.2, 0.25) is 0 Å². The molecule has 1 N–H and O–H groups in total. The van der Waals surface area contributed by atoms with Gasteiger partial charge in [-0.05, 0) is 35.1 Å². The monoisotopic (exact) mass is 307 g/mol. The summed E-state index contributed by atoms with van der Waals surface area (Å²) in [7, 11) is 0. The van der Waals surface area contributed by atoms with Crippen molar-refractivity contribution in [2.24, 2.45) is 0 Å². The van der Waals surface area contributed by atoms with Gasteiger partial charge in [0.1, 0.15) is 0 Å². The SMILES string of the molecule is Cc1c(I)cc([N+](=O)[O-])cc1C(=O)O. The number of carboxylic acid groups (broad SMARTS) is 1. The van der Waals surface area contributed by atoms with Crippen LogP contribution in [0.1, 0.15) is 15.9 Å². The number of carboxylic acids is 1. The fourth-order valence-electron chi connectivity index (χ4n) is 0.992. The summed E-state index contributed by atoms with van der Waals surface area (Å²) in [6.07, 6.45) is 0. The third kappa shape index (κ3) is 2.00. The van der Waals surface area contributed by atoms with Crippen LogP contribution in [0.25, 0.3) is 0 Å². The molecule has 0 bridgehead atoms. The highest BCUT2D eigenvalue weighted by Gasteiger charge is 2.16. The minimum Gasteiger partial charge on any atom is -0.478 e. The van der Waals surface area contributed by atoms with Crippen molar-refractivity contribution >= 4 is 34.2 Å². The number of nitro groups is 1. The Balaban J connectivity index is 3.43. The van der Waals surface area contributed by atoms with Gasteiger partial charge in [0.05, 0.1) is 10.5 Å². The van der Waals surface area contributed by atoms with Crippen LogP contribution < -0.4 is 0 Å². The van der Waals surface area contributed by atoms with Crippen LogP contribution >= 0.6 is 22.6 Å². The van der Waals surface area contributed by atoms with E-state index >= 15 is 0 Å². The summed E-state index contributed by atoms with van der Waals surface area (Å²) in [6, 6.07) is 2.42. The van der Waals surface area contributed by atoms with E-state index in [4.69, 9.17) is 5.11 Å². The number of hydrogen-bond donors (Lipinski definition) is 1. The maximum Gasteiger partial charge on any atom is 0.336 e. The molecule has 0 fully saturated rings. The first-order chi connectivity index (χ1) is 6.43. The first-order valence-electron chi connectivity index (χ1n) is 3.61. The van der Waals surface area contributed by atoms with Crippen LogP contribution in [0.3, 0.4) is 0 Å². The van der Waals surface area contributed by atoms with Gasteiger partial charge in [-0.3, -0.25) is 10.1 Å². The Morgan fingerprint density at radius 2 is 2.14 bits per heavy atom. The van der Waals surface area contributed by atoms with Crippen molar-refractivity contribution in [3.05, 3.63) is 36.9 Å². The van der Waals surface area contributed by atoms with E-state index in [2.05, 4.69) is 0 Å². The van der Waals surface area contributed by atoms with E-state index in [0.29, 0.717) is 9.13 Å². The van der Waals surface area contributed by atoms with Gasteiger partial charge in [0.25, 0.3) is 5.69 Å². The van der Waals surface area contributed by atoms with Crippen LogP contribution in [0.5, 0.6) is 0 Å². The highest BCUT2D eigenvalue weighted by Crippen LogP contribution is 2.23. The Bertz CT molecular complexity index is 416. The molecular weight excluding hydrogens is 301 g/mol. The summed E-state index contributed by atoms with van der Waals surface area (Å²) >= 11 is 1.87. The molecule has 0 atom stereocenters. The second-order valence-corrected chi connectivity index (χ2v) is 3.82. The number of non-ortho nitro benzene ring substituents is 1. The molecule has 0 radical (unpaired) electrons. The van der Waals surface area contributed by atoms with Gasteiger partial charge in [-0.2, -0.15) is 0 Å². The maximum absolute atomic E-state index is 10.7.